The van der Waals surface area contributed by atoms with Gasteiger partial charge in [-0.05, 0) is 43.7 Å². The molecule has 5 heteroatoms. The van der Waals surface area contributed by atoms with Crippen LogP contribution in [0.4, 0.5) is 4.39 Å². The Morgan fingerprint density at radius 2 is 1.83 bits per heavy atom. The van der Waals surface area contributed by atoms with E-state index in [0.29, 0.717) is 18.1 Å². The van der Waals surface area contributed by atoms with Crippen molar-refractivity contribution < 1.29 is 4.39 Å². The minimum absolute atomic E-state index is 0.320. The fraction of sp³-hybridized carbons (Fsp3) is 0.211. The van der Waals surface area contributed by atoms with Gasteiger partial charge in [0.05, 0.1) is 11.4 Å². The topological polar surface area (TPSA) is 29.9 Å². The highest BCUT2D eigenvalue weighted by Gasteiger charge is 2.12. The maximum Gasteiger partial charge on any atom is 0.124 e. The number of aromatic nitrogens is 2. The SMILES string of the molecule is Cc1nn(-c2ccccc2)c(C)c1CNCc1ccc(F)cc1Cl. The molecule has 0 fully saturated rings. The molecule has 0 amide bonds. The first-order valence-corrected chi connectivity index (χ1v) is 8.19. The molecular formula is C19H19ClFN3. The summed E-state index contributed by atoms with van der Waals surface area (Å²) in [6.07, 6.45) is 0. The lowest BCUT2D eigenvalue weighted by molar-refractivity contribution is 0.625. The Labute approximate surface area is 146 Å². The number of aryl methyl sites for hydroxylation is 1. The van der Waals surface area contributed by atoms with Gasteiger partial charge in [-0.1, -0.05) is 35.9 Å². The van der Waals surface area contributed by atoms with E-state index < -0.39 is 0 Å². The van der Waals surface area contributed by atoms with Crippen LogP contribution in [0.2, 0.25) is 5.02 Å². The zero-order chi connectivity index (χ0) is 17.1. The second kappa shape index (κ2) is 7.16. The summed E-state index contributed by atoms with van der Waals surface area (Å²) < 4.78 is 15.0. The van der Waals surface area contributed by atoms with Crippen LogP contribution in [0.5, 0.6) is 0 Å². The summed E-state index contributed by atoms with van der Waals surface area (Å²) in [4.78, 5) is 0. The number of benzene rings is 2. The van der Waals surface area contributed by atoms with Crippen molar-refractivity contribution in [2.75, 3.05) is 0 Å². The van der Waals surface area contributed by atoms with E-state index in [1.54, 1.807) is 6.07 Å². The zero-order valence-corrected chi connectivity index (χ0v) is 14.4. The van der Waals surface area contributed by atoms with Gasteiger partial charge in [0.1, 0.15) is 5.82 Å². The summed E-state index contributed by atoms with van der Waals surface area (Å²) in [6.45, 7) is 5.33. The second-order valence-electron chi connectivity index (χ2n) is 5.74. The normalized spacial score (nSPS) is 11.0. The van der Waals surface area contributed by atoms with Gasteiger partial charge in [0.2, 0.25) is 0 Å². The van der Waals surface area contributed by atoms with Crippen LogP contribution >= 0.6 is 11.6 Å². The minimum atomic E-state index is -0.320. The highest BCUT2D eigenvalue weighted by atomic mass is 35.5. The van der Waals surface area contributed by atoms with E-state index in [1.807, 2.05) is 41.9 Å². The van der Waals surface area contributed by atoms with Crippen LogP contribution in [0.25, 0.3) is 5.69 Å². The Kier molecular flexibility index (Phi) is 4.97. The third kappa shape index (κ3) is 3.50. The van der Waals surface area contributed by atoms with Gasteiger partial charge in [0, 0.05) is 29.4 Å². The lowest BCUT2D eigenvalue weighted by Crippen LogP contribution is -2.14. The lowest BCUT2D eigenvalue weighted by Gasteiger charge is -2.08. The highest BCUT2D eigenvalue weighted by molar-refractivity contribution is 6.31. The number of hydrogen-bond donors (Lipinski definition) is 1. The molecule has 3 aromatic rings. The van der Waals surface area contributed by atoms with Crippen LogP contribution in [0.1, 0.15) is 22.5 Å². The summed E-state index contributed by atoms with van der Waals surface area (Å²) in [7, 11) is 0. The summed E-state index contributed by atoms with van der Waals surface area (Å²) in [5, 5.41) is 8.44. The van der Waals surface area contributed by atoms with Crippen molar-refractivity contribution in [1.29, 1.82) is 0 Å². The zero-order valence-electron chi connectivity index (χ0n) is 13.7. The van der Waals surface area contributed by atoms with Crippen LogP contribution < -0.4 is 5.32 Å². The van der Waals surface area contributed by atoms with Crippen molar-refractivity contribution in [1.82, 2.24) is 15.1 Å². The molecule has 0 saturated heterocycles. The quantitative estimate of drug-likeness (QED) is 0.735. The average Bonchev–Trinajstić information content (AvgIpc) is 2.85. The summed E-state index contributed by atoms with van der Waals surface area (Å²) in [6, 6.07) is 14.5. The molecule has 3 nitrogen and oxygen atoms in total. The van der Waals surface area contributed by atoms with Crippen LogP contribution in [-0.2, 0) is 13.1 Å². The standard InChI is InChI=1S/C19H19ClFN3/c1-13-18(12-22-11-15-8-9-16(21)10-19(15)20)14(2)24(23-13)17-6-4-3-5-7-17/h3-10,22H,11-12H2,1-2H3. The number of halogens is 2. The second-order valence-corrected chi connectivity index (χ2v) is 6.14. The number of rotatable bonds is 5. The van der Waals surface area contributed by atoms with Gasteiger partial charge in [0.15, 0.2) is 0 Å². The predicted molar refractivity (Wildman–Crippen MR) is 95.0 cm³/mol. The summed E-state index contributed by atoms with van der Waals surface area (Å²) in [5.41, 5.74) is 5.19. The largest absolute Gasteiger partial charge is 0.308 e. The van der Waals surface area contributed by atoms with Crippen LogP contribution in [0.15, 0.2) is 48.5 Å². The van der Waals surface area contributed by atoms with E-state index in [0.717, 1.165) is 28.2 Å². The van der Waals surface area contributed by atoms with E-state index in [1.165, 1.54) is 12.1 Å². The van der Waals surface area contributed by atoms with Crippen LogP contribution in [-0.4, -0.2) is 9.78 Å². The van der Waals surface area contributed by atoms with Gasteiger partial charge in [-0.3, -0.25) is 0 Å². The van der Waals surface area contributed by atoms with E-state index in [4.69, 9.17) is 11.6 Å². The number of hydrogen-bond acceptors (Lipinski definition) is 2. The van der Waals surface area contributed by atoms with Crippen molar-refractivity contribution in [3.05, 3.63) is 81.9 Å². The molecule has 0 aliphatic rings. The molecule has 0 aliphatic heterocycles. The molecule has 0 radical (unpaired) electrons. The van der Waals surface area contributed by atoms with Gasteiger partial charge in [-0.15, -0.1) is 0 Å². The minimum Gasteiger partial charge on any atom is -0.308 e. The maximum absolute atomic E-state index is 13.1. The predicted octanol–water partition coefficient (Wildman–Crippen LogP) is 4.57. The Hall–Kier alpha value is -2.17. The van der Waals surface area contributed by atoms with E-state index in [2.05, 4.69) is 17.3 Å². The molecule has 1 N–H and O–H groups in total. The van der Waals surface area contributed by atoms with Gasteiger partial charge in [0.25, 0.3) is 0 Å². The monoisotopic (exact) mass is 343 g/mol. The molecule has 0 unspecified atom stereocenters. The average molecular weight is 344 g/mol. The molecule has 1 aromatic heterocycles. The van der Waals surface area contributed by atoms with E-state index in [9.17, 15) is 4.39 Å². The Bertz CT molecular complexity index is 843. The van der Waals surface area contributed by atoms with E-state index in [-0.39, 0.29) is 5.82 Å². The molecule has 0 atom stereocenters. The lowest BCUT2D eigenvalue weighted by atomic mass is 10.1. The molecule has 1 heterocycles. The first kappa shape index (κ1) is 16.7. The van der Waals surface area contributed by atoms with Gasteiger partial charge in [-0.25, -0.2) is 9.07 Å². The fourth-order valence-electron chi connectivity index (χ4n) is 2.74. The first-order valence-electron chi connectivity index (χ1n) is 7.81. The van der Waals surface area contributed by atoms with E-state index >= 15 is 0 Å². The summed E-state index contributed by atoms with van der Waals surface area (Å²) in [5.74, 6) is -0.320. The Balaban J connectivity index is 1.73. The van der Waals surface area contributed by atoms with Crippen LogP contribution in [0, 0.1) is 19.7 Å². The third-order valence-electron chi connectivity index (χ3n) is 4.07. The molecule has 24 heavy (non-hydrogen) atoms. The smallest absolute Gasteiger partial charge is 0.124 e. The van der Waals surface area contributed by atoms with Crippen LogP contribution in [0.3, 0.4) is 0 Å². The molecule has 3 rings (SSSR count). The highest BCUT2D eigenvalue weighted by Crippen LogP contribution is 2.19. The van der Waals surface area contributed by atoms with Crippen molar-refractivity contribution in [3.8, 4) is 5.69 Å². The van der Waals surface area contributed by atoms with Crippen molar-refractivity contribution in [3.63, 3.8) is 0 Å². The van der Waals surface area contributed by atoms with Gasteiger partial charge >= 0.3 is 0 Å². The van der Waals surface area contributed by atoms with Gasteiger partial charge in [-0.2, -0.15) is 5.10 Å². The Morgan fingerprint density at radius 3 is 2.54 bits per heavy atom. The molecule has 0 aliphatic carbocycles. The fourth-order valence-corrected chi connectivity index (χ4v) is 2.97. The third-order valence-corrected chi connectivity index (χ3v) is 4.43. The number of nitrogens with zero attached hydrogens (tertiary/aromatic N) is 2. The molecule has 0 saturated carbocycles. The maximum atomic E-state index is 13.1. The number of nitrogens with one attached hydrogen (secondary N) is 1. The van der Waals surface area contributed by atoms with Crippen molar-refractivity contribution >= 4 is 11.6 Å². The molecule has 2 aromatic carbocycles. The first-order chi connectivity index (χ1) is 11.6. The summed E-state index contributed by atoms with van der Waals surface area (Å²) >= 11 is 6.06. The van der Waals surface area contributed by atoms with Crippen molar-refractivity contribution in [2.45, 2.75) is 26.9 Å². The number of para-hydroxylation sites is 1. The molecule has 0 bridgehead atoms. The molecule has 0 spiro atoms. The van der Waals surface area contributed by atoms with Crippen molar-refractivity contribution in [2.24, 2.45) is 0 Å². The molecule has 124 valence electrons. The Morgan fingerprint density at radius 1 is 1.08 bits per heavy atom. The molecular weight excluding hydrogens is 325 g/mol. The van der Waals surface area contributed by atoms with Gasteiger partial charge < -0.3 is 5.32 Å².